The molecule has 0 aromatic carbocycles. The molecule has 3 fully saturated rings. The number of amides is 1. The van der Waals surface area contributed by atoms with Crippen LogP contribution in [0.5, 0.6) is 0 Å². The number of nitrogens with one attached hydrogen (secondary N) is 1. The lowest BCUT2D eigenvalue weighted by atomic mass is 9.96. The Morgan fingerprint density at radius 3 is 1.14 bits per heavy atom. The number of rotatable bonds is 60. The van der Waals surface area contributed by atoms with Gasteiger partial charge >= 0.3 is 0 Å². The van der Waals surface area contributed by atoms with Crippen LogP contribution in [0.3, 0.4) is 0 Å². The van der Waals surface area contributed by atoms with Crippen LogP contribution in [0.1, 0.15) is 277 Å². The molecule has 3 heterocycles. The quantitative estimate of drug-likeness (QED) is 0.0199. The molecule has 1 amide bonds. The number of aliphatic hydroxyl groups is 11. The molecule has 0 aliphatic carbocycles. The fourth-order valence-electron chi connectivity index (χ4n) is 12.7. The van der Waals surface area contributed by atoms with Crippen LogP contribution in [0.4, 0.5) is 0 Å². The molecule has 3 rings (SSSR count). The van der Waals surface area contributed by atoms with Crippen molar-refractivity contribution in [1.29, 1.82) is 0 Å². The van der Waals surface area contributed by atoms with Crippen molar-refractivity contribution in [1.82, 2.24) is 5.32 Å². The summed E-state index contributed by atoms with van der Waals surface area (Å²) in [4.78, 5) is 13.5. The minimum absolute atomic E-state index is 0.227. The molecule has 0 aromatic rings. The van der Waals surface area contributed by atoms with Crippen molar-refractivity contribution in [2.24, 2.45) is 0 Å². The molecular weight excluding hydrogens is 1250 g/mol. The summed E-state index contributed by atoms with van der Waals surface area (Å²) < 4.78 is 34.4. The van der Waals surface area contributed by atoms with Gasteiger partial charge < -0.3 is 89.9 Å². The zero-order valence-corrected chi connectivity index (χ0v) is 60.5. The van der Waals surface area contributed by atoms with Crippen molar-refractivity contribution >= 4 is 5.91 Å². The Balaban J connectivity index is 1.41. The lowest BCUT2D eigenvalue weighted by Crippen LogP contribution is -2.66. The number of unbranched alkanes of at least 4 members (excludes halogenated alkanes) is 32. The predicted octanol–water partition coefficient (Wildman–Crippen LogP) is 12.2. The number of ether oxygens (including phenoxy) is 6. The Morgan fingerprint density at radius 2 is 0.714 bits per heavy atom. The van der Waals surface area contributed by atoms with Gasteiger partial charge in [-0.05, 0) is 83.5 Å². The molecule has 17 unspecified atom stereocenters. The van der Waals surface area contributed by atoms with E-state index in [1.165, 1.54) is 167 Å². The number of carbonyl (C=O) groups is 1. The van der Waals surface area contributed by atoms with Crippen LogP contribution in [-0.4, -0.2) is 193 Å². The van der Waals surface area contributed by atoms with Gasteiger partial charge in [-0.1, -0.05) is 272 Å². The number of allylic oxidation sites excluding steroid dienone is 13. The third-order valence-electron chi connectivity index (χ3n) is 18.9. The van der Waals surface area contributed by atoms with E-state index in [9.17, 15) is 61.0 Å². The largest absolute Gasteiger partial charge is 0.394 e. The zero-order valence-electron chi connectivity index (χ0n) is 60.5. The summed E-state index contributed by atoms with van der Waals surface area (Å²) in [5.74, 6) is -0.291. The maximum atomic E-state index is 13.5. The van der Waals surface area contributed by atoms with E-state index in [2.05, 4.69) is 92.1 Å². The van der Waals surface area contributed by atoms with Gasteiger partial charge in [0, 0.05) is 6.42 Å². The van der Waals surface area contributed by atoms with Gasteiger partial charge in [-0.25, -0.2) is 0 Å². The summed E-state index contributed by atoms with van der Waals surface area (Å²) in [5.41, 5.74) is 0. The summed E-state index contributed by atoms with van der Waals surface area (Å²) >= 11 is 0. The molecular formula is C79H139NO18. The second kappa shape index (κ2) is 59.4. The normalized spacial score (nSPS) is 27.2. The van der Waals surface area contributed by atoms with Crippen LogP contribution in [0.15, 0.2) is 85.1 Å². The first-order valence-electron chi connectivity index (χ1n) is 38.8. The van der Waals surface area contributed by atoms with Crippen LogP contribution in [0.2, 0.25) is 0 Å². The van der Waals surface area contributed by atoms with E-state index in [4.69, 9.17) is 28.4 Å². The Hall–Kier alpha value is -3.03. The average Bonchev–Trinajstić information content (AvgIpc) is 0.785. The minimum atomic E-state index is -1.99. The molecule has 0 saturated carbocycles. The fourth-order valence-corrected chi connectivity index (χ4v) is 12.7. The Morgan fingerprint density at radius 1 is 0.378 bits per heavy atom. The molecule has 3 aliphatic rings. The van der Waals surface area contributed by atoms with E-state index < -0.39 is 124 Å². The fraction of sp³-hybridized carbons (Fsp3) is 0.810. The first-order chi connectivity index (χ1) is 47.8. The number of carbonyl (C=O) groups excluding carboxylic acids is 1. The van der Waals surface area contributed by atoms with E-state index in [0.29, 0.717) is 12.8 Å². The second-order valence-corrected chi connectivity index (χ2v) is 27.4. The molecule has 19 nitrogen and oxygen atoms in total. The van der Waals surface area contributed by atoms with Gasteiger partial charge in [0.05, 0.1) is 38.6 Å². The van der Waals surface area contributed by atoms with Crippen LogP contribution < -0.4 is 5.32 Å². The summed E-state index contributed by atoms with van der Waals surface area (Å²) in [6.45, 7) is 1.62. The Labute approximate surface area is 590 Å². The van der Waals surface area contributed by atoms with Gasteiger partial charge in [-0.15, -0.1) is 0 Å². The first-order valence-corrected chi connectivity index (χ1v) is 38.8. The highest BCUT2D eigenvalue weighted by Crippen LogP contribution is 2.33. The average molecular weight is 1390 g/mol. The van der Waals surface area contributed by atoms with E-state index in [1.807, 2.05) is 6.08 Å². The van der Waals surface area contributed by atoms with Crippen molar-refractivity contribution in [2.45, 2.75) is 381 Å². The maximum Gasteiger partial charge on any atom is 0.220 e. The minimum Gasteiger partial charge on any atom is -0.394 e. The van der Waals surface area contributed by atoms with E-state index in [-0.39, 0.29) is 18.9 Å². The van der Waals surface area contributed by atoms with Crippen LogP contribution in [0.25, 0.3) is 0 Å². The Bertz CT molecular complexity index is 2100. The van der Waals surface area contributed by atoms with Crippen LogP contribution >= 0.6 is 0 Å². The van der Waals surface area contributed by atoms with E-state index >= 15 is 0 Å². The number of hydrogen-bond acceptors (Lipinski definition) is 18. The third-order valence-corrected chi connectivity index (χ3v) is 18.9. The molecule has 12 N–H and O–H groups in total. The highest BCUT2D eigenvalue weighted by molar-refractivity contribution is 5.76. The molecule has 3 saturated heterocycles. The molecule has 0 aromatic heterocycles. The highest BCUT2D eigenvalue weighted by atomic mass is 16.8. The third kappa shape index (κ3) is 39.6. The lowest BCUT2D eigenvalue weighted by molar-refractivity contribution is -0.379. The van der Waals surface area contributed by atoms with Crippen molar-refractivity contribution in [3.63, 3.8) is 0 Å². The summed E-state index contributed by atoms with van der Waals surface area (Å²) in [6.07, 6.45) is 51.3. The topological polar surface area (TPSA) is 307 Å². The van der Waals surface area contributed by atoms with Crippen molar-refractivity contribution in [3.05, 3.63) is 85.1 Å². The molecule has 19 heteroatoms. The molecule has 568 valence electrons. The van der Waals surface area contributed by atoms with Gasteiger partial charge in [-0.3, -0.25) is 4.79 Å². The molecule has 17 atom stereocenters. The highest BCUT2D eigenvalue weighted by Gasteiger charge is 2.53. The van der Waals surface area contributed by atoms with Gasteiger partial charge in [0.25, 0.3) is 0 Å². The molecule has 0 bridgehead atoms. The molecule has 98 heavy (non-hydrogen) atoms. The number of hydrogen-bond donors (Lipinski definition) is 12. The van der Waals surface area contributed by atoms with E-state index in [0.717, 1.165) is 77.0 Å². The van der Waals surface area contributed by atoms with Gasteiger partial charge in [0.15, 0.2) is 18.9 Å². The summed E-state index contributed by atoms with van der Waals surface area (Å²) in [5, 5.41) is 121. The monoisotopic (exact) mass is 1390 g/mol. The van der Waals surface area contributed by atoms with E-state index in [1.54, 1.807) is 6.08 Å². The molecule has 0 radical (unpaired) electrons. The van der Waals surface area contributed by atoms with Crippen LogP contribution in [-0.2, 0) is 33.2 Å². The van der Waals surface area contributed by atoms with Gasteiger partial charge in [0.2, 0.25) is 5.91 Å². The molecule has 0 spiro atoms. The number of aliphatic hydroxyl groups excluding tert-OH is 11. The van der Waals surface area contributed by atoms with Gasteiger partial charge in [-0.2, -0.15) is 0 Å². The van der Waals surface area contributed by atoms with Gasteiger partial charge in [0.1, 0.15) is 73.2 Å². The zero-order chi connectivity index (χ0) is 71.1. The van der Waals surface area contributed by atoms with Crippen molar-refractivity contribution in [3.8, 4) is 0 Å². The predicted molar refractivity (Wildman–Crippen MR) is 388 cm³/mol. The SMILES string of the molecule is CC/C=C\C/C=C\C/C=C\C/C=C\CCCCCCCCCCCCCCCCC(=O)NC(COC1OC(CO)C(OC2OC(CO)C(OC3OC(CO)C(O)C(O)C3O)C(O)C2O)C(O)C1O)C(O)/C=C/CC/C=C/CC/C=C/CCCCCCCCCCCCCCCCCC. The molecule has 3 aliphatic heterocycles. The second-order valence-electron chi connectivity index (χ2n) is 27.4. The summed E-state index contributed by atoms with van der Waals surface area (Å²) in [6, 6.07) is -1.00. The maximum absolute atomic E-state index is 13.5. The standard InChI is InChI=1S/C79H139NO18/c1-3-5-7-9-11-13-15-17-19-21-23-25-27-29-31-33-35-37-39-41-43-45-47-49-51-53-55-57-67(85)80-62(63(84)56-54-52-50-48-46-44-42-40-38-36-34-32-30-28-26-24-22-20-18-16-14-12-10-8-6-4-2)61-93-77-73(91)70(88)75(65(59-82)95-77)98-79-74(92)71(89)76(66(60-83)96-79)97-78-72(90)69(87)68(86)64(58-81)94-78/h5,7,11,13,17,19,23,25,38,40,46,48,54,56,62-66,68-79,81-84,86-92H,3-4,6,8-10,12,14-16,18,20-22,24,26-37,39,41-45,47,49-53,55,57-61H2,1-2H3,(H,80,85)/b7-5-,13-11-,19-17-,25-23-,40-38+,48-46+,56-54+. The van der Waals surface area contributed by atoms with Crippen molar-refractivity contribution in [2.75, 3.05) is 26.4 Å². The lowest BCUT2D eigenvalue weighted by Gasteiger charge is -2.48. The van der Waals surface area contributed by atoms with Crippen LogP contribution in [0, 0.1) is 0 Å². The Kier molecular flexibility index (Phi) is 54.0. The smallest absolute Gasteiger partial charge is 0.220 e. The summed E-state index contributed by atoms with van der Waals surface area (Å²) in [7, 11) is 0. The van der Waals surface area contributed by atoms with Crippen molar-refractivity contribution < 1.29 is 89.4 Å². The first kappa shape index (κ1) is 89.2.